The lowest BCUT2D eigenvalue weighted by Crippen LogP contribution is -2.28. The number of nitrogens with zero attached hydrogens (tertiary/aromatic N) is 4. The van der Waals surface area contributed by atoms with Crippen molar-refractivity contribution in [1.29, 1.82) is 0 Å². The lowest BCUT2D eigenvalue weighted by atomic mass is 10.2. The minimum atomic E-state index is -0.179. The number of carbonyl (C=O) groups excluding carboxylic acids is 1. The fraction of sp³-hybridized carbons (Fsp3) is 0.217. The van der Waals surface area contributed by atoms with Gasteiger partial charge in [-0.1, -0.05) is 35.5 Å². The monoisotopic (exact) mass is 433 g/mol. The third-order valence-electron chi connectivity index (χ3n) is 4.87. The summed E-state index contributed by atoms with van der Waals surface area (Å²) < 4.78 is 2.93. The van der Waals surface area contributed by atoms with Crippen LogP contribution < -0.4 is 11.0 Å². The SMILES string of the molecule is Cc1ccc(Sc2ncccc2C(=O)NCCCn2nc3ccccn3c2=O)c(C)c1. The third kappa shape index (κ3) is 4.69. The Morgan fingerprint density at radius 1 is 1.13 bits per heavy atom. The summed E-state index contributed by atoms with van der Waals surface area (Å²) in [5.74, 6) is -0.178. The second-order valence-electron chi connectivity index (χ2n) is 7.27. The van der Waals surface area contributed by atoms with E-state index in [1.54, 1.807) is 36.7 Å². The molecule has 0 aliphatic rings. The van der Waals surface area contributed by atoms with Gasteiger partial charge in [0.1, 0.15) is 5.03 Å². The first kappa shape index (κ1) is 20.9. The van der Waals surface area contributed by atoms with E-state index in [4.69, 9.17) is 0 Å². The zero-order valence-electron chi connectivity index (χ0n) is 17.4. The van der Waals surface area contributed by atoms with Crippen molar-refractivity contribution in [3.8, 4) is 0 Å². The van der Waals surface area contributed by atoms with Crippen LogP contribution in [0.4, 0.5) is 0 Å². The summed E-state index contributed by atoms with van der Waals surface area (Å²) in [6.45, 7) is 4.97. The van der Waals surface area contributed by atoms with Gasteiger partial charge in [-0.2, -0.15) is 0 Å². The number of fused-ring (bicyclic) bond motifs is 1. The Kier molecular flexibility index (Phi) is 6.18. The summed E-state index contributed by atoms with van der Waals surface area (Å²) in [6.07, 6.45) is 3.98. The van der Waals surface area contributed by atoms with Gasteiger partial charge in [0.15, 0.2) is 5.65 Å². The van der Waals surface area contributed by atoms with E-state index in [9.17, 15) is 9.59 Å². The molecule has 3 heterocycles. The molecule has 0 saturated heterocycles. The van der Waals surface area contributed by atoms with Gasteiger partial charge in [0.2, 0.25) is 0 Å². The van der Waals surface area contributed by atoms with Crippen LogP contribution in [-0.4, -0.2) is 31.6 Å². The van der Waals surface area contributed by atoms with Crippen LogP contribution in [0.15, 0.2) is 75.6 Å². The van der Waals surface area contributed by atoms with Crippen LogP contribution in [0.2, 0.25) is 0 Å². The molecule has 0 atom stereocenters. The second-order valence-corrected chi connectivity index (χ2v) is 8.30. The molecule has 8 heteroatoms. The summed E-state index contributed by atoms with van der Waals surface area (Å²) >= 11 is 1.49. The van der Waals surface area contributed by atoms with Gasteiger partial charge in [0, 0.05) is 30.4 Å². The molecule has 1 aromatic carbocycles. The Morgan fingerprint density at radius 3 is 2.81 bits per heavy atom. The third-order valence-corrected chi connectivity index (χ3v) is 6.07. The first-order valence-electron chi connectivity index (χ1n) is 10.1. The fourth-order valence-corrected chi connectivity index (χ4v) is 4.25. The molecule has 4 rings (SSSR count). The van der Waals surface area contributed by atoms with Crippen molar-refractivity contribution in [2.75, 3.05) is 6.54 Å². The highest BCUT2D eigenvalue weighted by Gasteiger charge is 2.14. The quantitative estimate of drug-likeness (QED) is 0.451. The van der Waals surface area contributed by atoms with Crippen LogP contribution in [0, 0.1) is 13.8 Å². The van der Waals surface area contributed by atoms with Crippen molar-refractivity contribution in [1.82, 2.24) is 24.5 Å². The van der Waals surface area contributed by atoms with E-state index in [1.807, 2.05) is 6.07 Å². The highest BCUT2D eigenvalue weighted by molar-refractivity contribution is 7.99. The summed E-state index contributed by atoms with van der Waals surface area (Å²) in [7, 11) is 0. The van der Waals surface area contributed by atoms with Gasteiger partial charge in [-0.25, -0.2) is 14.5 Å². The van der Waals surface area contributed by atoms with Gasteiger partial charge in [-0.3, -0.25) is 9.20 Å². The number of rotatable bonds is 7. The number of aromatic nitrogens is 4. The van der Waals surface area contributed by atoms with Gasteiger partial charge >= 0.3 is 5.69 Å². The molecule has 3 aromatic heterocycles. The maximum Gasteiger partial charge on any atom is 0.350 e. The zero-order valence-corrected chi connectivity index (χ0v) is 18.2. The van der Waals surface area contributed by atoms with E-state index in [0.717, 1.165) is 10.5 Å². The topological polar surface area (TPSA) is 81.3 Å². The maximum absolute atomic E-state index is 12.8. The van der Waals surface area contributed by atoms with Gasteiger partial charge in [0.05, 0.1) is 5.56 Å². The Bertz CT molecular complexity index is 1290. The van der Waals surface area contributed by atoms with E-state index in [2.05, 4.69) is 47.4 Å². The second kappa shape index (κ2) is 9.18. The normalized spacial score (nSPS) is 11.0. The van der Waals surface area contributed by atoms with E-state index < -0.39 is 0 Å². The number of nitrogens with one attached hydrogen (secondary N) is 1. The van der Waals surface area contributed by atoms with Crippen molar-refractivity contribution in [2.24, 2.45) is 0 Å². The van der Waals surface area contributed by atoms with Crippen LogP contribution >= 0.6 is 11.8 Å². The summed E-state index contributed by atoms with van der Waals surface area (Å²) in [5, 5.41) is 7.90. The molecule has 0 aliphatic heterocycles. The first-order chi connectivity index (χ1) is 15.0. The predicted octanol–water partition coefficient (Wildman–Crippen LogP) is 3.48. The van der Waals surface area contributed by atoms with Crippen molar-refractivity contribution < 1.29 is 4.79 Å². The van der Waals surface area contributed by atoms with Gasteiger partial charge in [-0.15, -0.1) is 5.10 Å². The molecule has 0 radical (unpaired) electrons. The molecule has 1 amide bonds. The molecular weight excluding hydrogens is 410 g/mol. The minimum Gasteiger partial charge on any atom is -0.352 e. The molecular formula is C23H23N5O2S. The zero-order chi connectivity index (χ0) is 21.8. The maximum atomic E-state index is 12.8. The van der Waals surface area contributed by atoms with E-state index >= 15 is 0 Å². The van der Waals surface area contributed by atoms with E-state index in [-0.39, 0.29) is 11.6 Å². The molecule has 0 spiro atoms. The van der Waals surface area contributed by atoms with Crippen LogP contribution in [0.25, 0.3) is 5.65 Å². The number of carbonyl (C=O) groups is 1. The summed E-state index contributed by atoms with van der Waals surface area (Å²) in [6, 6.07) is 15.2. The molecule has 4 aromatic rings. The molecule has 0 fully saturated rings. The fourth-order valence-electron chi connectivity index (χ4n) is 3.30. The largest absolute Gasteiger partial charge is 0.352 e. The minimum absolute atomic E-state index is 0.178. The van der Waals surface area contributed by atoms with E-state index in [1.165, 1.54) is 26.4 Å². The summed E-state index contributed by atoms with van der Waals surface area (Å²) in [5.41, 5.74) is 3.32. The van der Waals surface area contributed by atoms with Crippen LogP contribution in [0.3, 0.4) is 0 Å². The lowest BCUT2D eigenvalue weighted by molar-refractivity contribution is 0.0949. The van der Waals surface area contributed by atoms with Gasteiger partial charge < -0.3 is 5.32 Å². The Labute approximate surface area is 184 Å². The van der Waals surface area contributed by atoms with Crippen LogP contribution in [0.5, 0.6) is 0 Å². The highest BCUT2D eigenvalue weighted by atomic mass is 32.2. The number of hydrogen-bond donors (Lipinski definition) is 1. The van der Waals surface area contributed by atoms with Crippen molar-refractivity contribution >= 4 is 23.3 Å². The molecule has 31 heavy (non-hydrogen) atoms. The molecule has 0 unspecified atom stereocenters. The molecule has 0 saturated carbocycles. The van der Waals surface area contributed by atoms with Crippen molar-refractivity contribution in [2.45, 2.75) is 36.7 Å². The Hall–Kier alpha value is -3.39. The smallest absolute Gasteiger partial charge is 0.350 e. The molecule has 0 aliphatic carbocycles. The number of benzene rings is 1. The molecule has 158 valence electrons. The lowest BCUT2D eigenvalue weighted by Gasteiger charge is -2.10. The standard InChI is InChI=1S/C23H23N5O2S/c1-16-9-10-19(17(2)15-16)31-22-18(7-5-11-25-22)21(29)24-12-6-14-28-23(30)27-13-4-3-8-20(27)26-28/h3-5,7-11,13,15H,6,12,14H2,1-2H3,(H,24,29). The average molecular weight is 434 g/mol. The number of hydrogen-bond acceptors (Lipinski definition) is 5. The average Bonchev–Trinajstić information content (AvgIpc) is 3.09. The number of aryl methyl sites for hydroxylation is 3. The predicted molar refractivity (Wildman–Crippen MR) is 121 cm³/mol. The number of amides is 1. The summed E-state index contributed by atoms with van der Waals surface area (Å²) in [4.78, 5) is 30.6. The molecule has 0 bridgehead atoms. The molecule has 1 N–H and O–H groups in total. The van der Waals surface area contributed by atoms with Crippen LogP contribution in [-0.2, 0) is 6.54 Å². The highest BCUT2D eigenvalue weighted by Crippen LogP contribution is 2.31. The Balaban J connectivity index is 1.38. The van der Waals surface area contributed by atoms with Crippen molar-refractivity contribution in [3.05, 3.63) is 88.1 Å². The first-order valence-corrected chi connectivity index (χ1v) is 10.9. The van der Waals surface area contributed by atoms with Crippen LogP contribution in [0.1, 0.15) is 27.9 Å². The van der Waals surface area contributed by atoms with Gasteiger partial charge in [-0.05, 0) is 56.2 Å². The van der Waals surface area contributed by atoms with Crippen molar-refractivity contribution in [3.63, 3.8) is 0 Å². The van der Waals surface area contributed by atoms with E-state index in [0.29, 0.717) is 35.7 Å². The Morgan fingerprint density at radius 2 is 2.00 bits per heavy atom. The number of pyridine rings is 2. The van der Waals surface area contributed by atoms with Gasteiger partial charge in [0.25, 0.3) is 5.91 Å². The molecule has 7 nitrogen and oxygen atoms in total.